The number of nitrogens with zero attached hydrogens (tertiary/aromatic N) is 1. The average Bonchev–Trinajstić information content (AvgIpc) is 2.81. The van der Waals surface area contributed by atoms with E-state index in [1.807, 2.05) is 6.07 Å². The van der Waals surface area contributed by atoms with Crippen LogP contribution >= 0.6 is 0 Å². The fourth-order valence-electron chi connectivity index (χ4n) is 2.54. The Bertz CT molecular complexity index is 737. The smallest absolute Gasteiger partial charge is 0.231 e. The number of ether oxygens (including phenoxy) is 1. The van der Waals surface area contributed by atoms with Crippen LogP contribution in [-0.4, -0.2) is 25.8 Å². The van der Waals surface area contributed by atoms with Crippen molar-refractivity contribution in [2.24, 2.45) is 0 Å². The molecule has 2 aromatic rings. The molecule has 0 fully saturated rings. The molecule has 0 atom stereocenters. The summed E-state index contributed by atoms with van der Waals surface area (Å²) >= 11 is 0. The first kappa shape index (κ1) is 13.4. The van der Waals surface area contributed by atoms with Crippen LogP contribution in [0.3, 0.4) is 0 Å². The van der Waals surface area contributed by atoms with Crippen LogP contribution in [0.2, 0.25) is 0 Å². The normalized spacial score (nSPS) is 13.2. The Kier molecular flexibility index (Phi) is 3.22. The van der Waals surface area contributed by atoms with Crippen molar-refractivity contribution in [3.63, 3.8) is 0 Å². The van der Waals surface area contributed by atoms with Crippen LogP contribution < -0.4 is 9.64 Å². The van der Waals surface area contributed by atoms with Crippen LogP contribution in [0.15, 0.2) is 42.5 Å². The third-order valence-electron chi connectivity index (χ3n) is 3.75. The highest BCUT2D eigenvalue weighted by Crippen LogP contribution is 2.29. The van der Waals surface area contributed by atoms with Crippen LogP contribution in [0, 0.1) is 0 Å². The first-order valence-electron chi connectivity index (χ1n) is 6.68. The van der Waals surface area contributed by atoms with Gasteiger partial charge < -0.3 is 9.64 Å². The number of anilines is 1. The molecule has 0 aliphatic carbocycles. The first-order chi connectivity index (χ1) is 10.1. The second-order valence-electron chi connectivity index (χ2n) is 5.03. The molecule has 1 heterocycles. The molecule has 0 saturated carbocycles. The summed E-state index contributed by atoms with van der Waals surface area (Å²) in [6, 6.07) is 12.5. The van der Waals surface area contributed by atoms with Crippen molar-refractivity contribution >= 4 is 17.4 Å². The van der Waals surface area contributed by atoms with Crippen molar-refractivity contribution in [3.05, 3.63) is 59.2 Å². The summed E-state index contributed by atoms with van der Waals surface area (Å²) in [7, 11) is 3.32. The maximum Gasteiger partial charge on any atom is 0.231 e. The number of rotatable bonds is 3. The Labute approximate surface area is 123 Å². The number of methoxy groups -OCH3 is 1. The Morgan fingerprint density at radius 3 is 2.67 bits per heavy atom. The molecule has 4 heteroatoms. The second-order valence-corrected chi connectivity index (χ2v) is 5.03. The molecule has 0 radical (unpaired) electrons. The van der Waals surface area contributed by atoms with Crippen LogP contribution in [0.1, 0.15) is 21.5 Å². The van der Waals surface area contributed by atoms with E-state index in [4.69, 9.17) is 4.74 Å². The van der Waals surface area contributed by atoms with Crippen molar-refractivity contribution in [2.75, 3.05) is 19.1 Å². The molecule has 1 aliphatic rings. The highest BCUT2D eigenvalue weighted by atomic mass is 16.5. The van der Waals surface area contributed by atoms with Gasteiger partial charge in [0.25, 0.3) is 0 Å². The average molecular weight is 281 g/mol. The van der Waals surface area contributed by atoms with E-state index in [-0.39, 0.29) is 11.7 Å². The lowest BCUT2D eigenvalue weighted by Gasteiger charge is -2.10. The van der Waals surface area contributed by atoms with E-state index < -0.39 is 0 Å². The second kappa shape index (κ2) is 5.05. The maximum atomic E-state index is 12.5. The van der Waals surface area contributed by atoms with Crippen molar-refractivity contribution in [1.29, 1.82) is 0 Å². The summed E-state index contributed by atoms with van der Waals surface area (Å²) in [5.74, 6) is 0.631. The summed E-state index contributed by atoms with van der Waals surface area (Å²) in [5, 5.41) is 0. The number of carbonyl (C=O) groups excluding carboxylic acids is 2. The van der Waals surface area contributed by atoms with Gasteiger partial charge in [0.05, 0.1) is 13.5 Å². The van der Waals surface area contributed by atoms with Crippen LogP contribution in [0.4, 0.5) is 5.69 Å². The quantitative estimate of drug-likeness (QED) is 0.812. The minimum absolute atomic E-state index is 0.0518. The lowest BCUT2D eigenvalue weighted by Crippen LogP contribution is -2.20. The number of likely N-dealkylation sites (N-methyl/N-ethyl adjacent to an activating group) is 1. The summed E-state index contributed by atoms with van der Waals surface area (Å²) in [5.41, 5.74) is 2.94. The number of carbonyl (C=O) groups is 2. The number of amides is 1. The zero-order valence-electron chi connectivity index (χ0n) is 11.9. The molecule has 0 N–H and O–H groups in total. The van der Waals surface area contributed by atoms with Gasteiger partial charge in [0.2, 0.25) is 5.91 Å². The number of hydrogen-bond acceptors (Lipinski definition) is 3. The van der Waals surface area contributed by atoms with E-state index >= 15 is 0 Å². The molecule has 0 unspecified atom stereocenters. The van der Waals surface area contributed by atoms with Crippen molar-refractivity contribution in [2.45, 2.75) is 6.42 Å². The molecule has 1 aliphatic heterocycles. The third kappa shape index (κ3) is 2.29. The lowest BCUT2D eigenvalue weighted by atomic mass is 10.00. The van der Waals surface area contributed by atoms with E-state index in [1.54, 1.807) is 55.5 Å². The number of benzene rings is 2. The van der Waals surface area contributed by atoms with Crippen LogP contribution in [-0.2, 0) is 11.2 Å². The Hall–Kier alpha value is -2.62. The highest BCUT2D eigenvalue weighted by molar-refractivity contribution is 6.10. The number of ketones is 1. The molecule has 106 valence electrons. The molecule has 0 saturated heterocycles. The largest absolute Gasteiger partial charge is 0.497 e. The molecule has 0 spiro atoms. The van der Waals surface area contributed by atoms with Gasteiger partial charge >= 0.3 is 0 Å². The molecule has 0 aromatic heterocycles. The number of fused-ring (bicyclic) bond motifs is 1. The van der Waals surface area contributed by atoms with Gasteiger partial charge in [-0.1, -0.05) is 12.1 Å². The summed E-state index contributed by atoms with van der Waals surface area (Å²) in [6.07, 6.45) is 0.352. The molecule has 0 bridgehead atoms. The van der Waals surface area contributed by atoms with Gasteiger partial charge in [-0.05, 0) is 35.9 Å². The zero-order valence-corrected chi connectivity index (χ0v) is 11.9. The van der Waals surface area contributed by atoms with E-state index in [0.717, 1.165) is 11.3 Å². The number of hydrogen-bond donors (Lipinski definition) is 0. The standard InChI is InChI=1S/C17H15NO3/c1-18-15-7-6-12(8-13(15)10-16(18)19)17(20)11-4-3-5-14(9-11)21-2/h3-9H,10H2,1-2H3. The molecule has 3 rings (SSSR count). The molecule has 1 amide bonds. The van der Waals surface area contributed by atoms with Gasteiger partial charge in [-0.25, -0.2) is 0 Å². The third-order valence-corrected chi connectivity index (χ3v) is 3.75. The predicted octanol–water partition coefficient (Wildman–Crippen LogP) is 2.45. The van der Waals surface area contributed by atoms with E-state index in [2.05, 4.69) is 0 Å². The van der Waals surface area contributed by atoms with Crippen molar-refractivity contribution in [3.8, 4) is 5.75 Å². The summed E-state index contributed by atoms with van der Waals surface area (Å²) < 4.78 is 5.14. The van der Waals surface area contributed by atoms with Crippen LogP contribution in [0.5, 0.6) is 5.75 Å². The van der Waals surface area contributed by atoms with Crippen LogP contribution in [0.25, 0.3) is 0 Å². The molecule has 2 aromatic carbocycles. The van der Waals surface area contributed by atoms with E-state index in [0.29, 0.717) is 23.3 Å². The fraction of sp³-hybridized carbons (Fsp3) is 0.176. The van der Waals surface area contributed by atoms with Gasteiger partial charge in [-0.3, -0.25) is 9.59 Å². The Morgan fingerprint density at radius 2 is 1.90 bits per heavy atom. The predicted molar refractivity (Wildman–Crippen MR) is 80.0 cm³/mol. The molecular weight excluding hydrogens is 266 g/mol. The minimum atomic E-state index is -0.0706. The highest BCUT2D eigenvalue weighted by Gasteiger charge is 2.25. The van der Waals surface area contributed by atoms with Gasteiger partial charge in [-0.15, -0.1) is 0 Å². The topological polar surface area (TPSA) is 46.6 Å². The summed E-state index contributed by atoms with van der Waals surface area (Å²) in [4.78, 5) is 25.8. The lowest BCUT2D eigenvalue weighted by molar-refractivity contribution is -0.117. The Balaban J connectivity index is 1.96. The monoisotopic (exact) mass is 281 g/mol. The van der Waals surface area contributed by atoms with Gasteiger partial charge in [0.15, 0.2) is 5.78 Å². The van der Waals surface area contributed by atoms with E-state index in [9.17, 15) is 9.59 Å². The Morgan fingerprint density at radius 1 is 1.14 bits per heavy atom. The zero-order chi connectivity index (χ0) is 15.0. The fourth-order valence-corrected chi connectivity index (χ4v) is 2.54. The maximum absolute atomic E-state index is 12.5. The van der Waals surface area contributed by atoms with Gasteiger partial charge in [0.1, 0.15) is 5.75 Å². The van der Waals surface area contributed by atoms with Gasteiger partial charge in [0, 0.05) is 23.9 Å². The first-order valence-corrected chi connectivity index (χ1v) is 6.68. The van der Waals surface area contributed by atoms with Gasteiger partial charge in [-0.2, -0.15) is 0 Å². The molecule has 21 heavy (non-hydrogen) atoms. The van der Waals surface area contributed by atoms with Crippen molar-refractivity contribution in [1.82, 2.24) is 0 Å². The SMILES string of the molecule is COc1cccc(C(=O)c2ccc3c(c2)CC(=O)N3C)c1. The molecular formula is C17H15NO3. The molecule has 4 nitrogen and oxygen atoms in total. The minimum Gasteiger partial charge on any atom is -0.497 e. The van der Waals surface area contributed by atoms with Crippen molar-refractivity contribution < 1.29 is 14.3 Å². The van der Waals surface area contributed by atoms with E-state index in [1.165, 1.54) is 0 Å². The summed E-state index contributed by atoms with van der Waals surface area (Å²) in [6.45, 7) is 0.